The van der Waals surface area contributed by atoms with E-state index in [1.165, 1.54) is 15.9 Å². The van der Waals surface area contributed by atoms with Crippen LogP contribution < -0.4 is 10.9 Å². The van der Waals surface area contributed by atoms with E-state index in [2.05, 4.69) is 5.32 Å². The molecule has 0 atom stereocenters. The van der Waals surface area contributed by atoms with E-state index < -0.39 is 0 Å². The van der Waals surface area contributed by atoms with Gasteiger partial charge in [-0.2, -0.15) is 0 Å². The summed E-state index contributed by atoms with van der Waals surface area (Å²) in [6.45, 7) is 2.08. The molecule has 0 saturated heterocycles. The van der Waals surface area contributed by atoms with Crippen LogP contribution in [0.2, 0.25) is 0 Å². The van der Waals surface area contributed by atoms with Crippen molar-refractivity contribution in [1.29, 1.82) is 0 Å². The van der Waals surface area contributed by atoms with Crippen LogP contribution in [-0.4, -0.2) is 14.8 Å². The minimum atomic E-state index is -0.385. The Kier molecular flexibility index (Phi) is 5.37. The number of nitrogens with one attached hydrogen (secondary N) is 1. The molecular weight excluding hydrogens is 403 g/mol. The van der Waals surface area contributed by atoms with Crippen LogP contribution in [0.4, 0.5) is 4.39 Å². The molecule has 30 heavy (non-hydrogen) atoms. The standard InChI is InChI=1S/C23H19FN2O3S/c1-14-19-12-20(22(28)25-13-16-5-3-2-4-6-16)30-26(19)23(29)18(21(14)27)11-15-7-9-17(24)10-8-15/h2-10,12,27H,11,13H2,1H3,(H,25,28). The third-order valence-corrected chi connectivity index (χ3v) is 6.00. The van der Waals surface area contributed by atoms with E-state index in [9.17, 15) is 19.1 Å². The summed E-state index contributed by atoms with van der Waals surface area (Å²) in [5.74, 6) is -0.750. The second-order valence-corrected chi connectivity index (χ2v) is 8.00. The average molecular weight is 422 g/mol. The lowest BCUT2D eigenvalue weighted by molar-refractivity contribution is 0.0955. The number of aromatic nitrogens is 1. The SMILES string of the molecule is Cc1c(O)c(Cc2ccc(F)cc2)c(=O)n2sc(C(=O)NCc3ccccc3)cc12. The molecule has 0 aliphatic heterocycles. The minimum Gasteiger partial charge on any atom is -0.507 e. The summed E-state index contributed by atoms with van der Waals surface area (Å²) >= 11 is 1.04. The molecule has 2 N–H and O–H groups in total. The molecule has 0 spiro atoms. The highest BCUT2D eigenvalue weighted by atomic mass is 32.1. The molecule has 0 unspecified atom stereocenters. The lowest BCUT2D eigenvalue weighted by atomic mass is 10.0. The largest absolute Gasteiger partial charge is 0.507 e. The Morgan fingerprint density at radius 2 is 1.80 bits per heavy atom. The van der Waals surface area contributed by atoms with Crippen LogP contribution in [0.1, 0.15) is 31.9 Å². The highest BCUT2D eigenvalue weighted by molar-refractivity contribution is 7.09. The predicted molar refractivity (Wildman–Crippen MR) is 115 cm³/mol. The van der Waals surface area contributed by atoms with E-state index in [1.807, 2.05) is 30.3 Å². The zero-order valence-corrected chi connectivity index (χ0v) is 17.0. The van der Waals surface area contributed by atoms with Gasteiger partial charge in [0.15, 0.2) is 0 Å². The van der Waals surface area contributed by atoms with E-state index in [0.29, 0.717) is 28.1 Å². The maximum atomic E-state index is 13.2. The van der Waals surface area contributed by atoms with Crippen molar-refractivity contribution in [3.63, 3.8) is 0 Å². The van der Waals surface area contributed by atoms with Crippen LogP contribution in [-0.2, 0) is 13.0 Å². The molecule has 0 saturated carbocycles. The number of hydrogen-bond donors (Lipinski definition) is 2. The normalized spacial score (nSPS) is 11.0. The zero-order valence-electron chi connectivity index (χ0n) is 16.2. The van der Waals surface area contributed by atoms with Crippen LogP contribution in [0.15, 0.2) is 65.5 Å². The first-order chi connectivity index (χ1) is 14.4. The Labute approximate surface area is 176 Å². The molecule has 1 amide bonds. The Balaban J connectivity index is 1.66. The maximum Gasteiger partial charge on any atom is 0.271 e. The molecule has 7 heteroatoms. The average Bonchev–Trinajstić information content (AvgIpc) is 3.21. The molecule has 4 rings (SSSR count). The summed E-state index contributed by atoms with van der Waals surface area (Å²) in [5.41, 5.74) is 2.53. The van der Waals surface area contributed by atoms with Gasteiger partial charge in [-0.3, -0.25) is 9.59 Å². The monoisotopic (exact) mass is 422 g/mol. The third-order valence-electron chi connectivity index (χ3n) is 4.96. The second-order valence-electron chi connectivity index (χ2n) is 7.01. The van der Waals surface area contributed by atoms with E-state index in [-0.39, 0.29) is 35.0 Å². The maximum absolute atomic E-state index is 13.2. The van der Waals surface area contributed by atoms with Gasteiger partial charge in [0.25, 0.3) is 11.5 Å². The Morgan fingerprint density at radius 3 is 2.50 bits per heavy atom. The van der Waals surface area contributed by atoms with Crippen molar-refractivity contribution in [1.82, 2.24) is 9.11 Å². The molecule has 0 radical (unpaired) electrons. The summed E-state index contributed by atoms with van der Waals surface area (Å²) in [5, 5.41) is 13.5. The highest BCUT2D eigenvalue weighted by Gasteiger charge is 2.19. The van der Waals surface area contributed by atoms with Gasteiger partial charge >= 0.3 is 0 Å². The van der Waals surface area contributed by atoms with Crippen molar-refractivity contribution < 1.29 is 14.3 Å². The predicted octanol–water partition coefficient (Wildman–Crippen LogP) is 4.03. The van der Waals surface area contributed by atoms with Gasteiger partial charge in [-0.1, -0.05) is 42.5 Å². The topological polar surface area (TPSA) is 70.8 Å². The number of benzene rings is 2. The second kappa shape index (κ2) is 8.12. The summed E-state index contributed by atoms with van der Waals surface area (Å²) in [6, 6.07) is 16.9. The number of pyridine rings is 1. The van der Waals surface area contributed by atoms with Gasteiger partial charge in [-0.15, -0.1) is 0 Å². The quantitative estimate of drug-likeness (QED) is 0.510. The first-order valence-electron chi connectivity index (χ1n) is 9.38. The van der Waals surface area contributed by atoms with Crippen LogP contribution in [0, 0.1) is 12.7 Å². The number of hydrogen-bond acceptors (Lipinski definition) is 4. The Hall–Kier alpha value is -3.45. The van der Waals surface area contributed by atoms with E-state index in [1.54, 1.807) is 25.1 Å². The molecule has 0 aliphatic rings. The molecule has 2 heterocycles. The number of nitrogens with zero attached hydrogens (tertiary/aromatic N) is 1. The number of halogens is 1. The number of amides is 1. The summed E-state index contributed by atoms with van der Waals surface area (Å²) in [6.07, 6.45) is 0.169. The molecule has 2 aromatic heterocycles. The lowest BCUT2D eigenvalue weighted by Gasteiger charge is -2.08. The molecule has 5 nitrogen and oxygen atoms in total. The van der Waals surface area contributed by atoms with E-state index in [4.69, 9.17) is 0 Å². The number of rotatable bonds is 5. The fourth-order valence-corrected chi connectivity index (χ4v) is 4.27. The molecule has 0 aliphatic carbocycles. The van der Waals surface area contributed by atoms with Gasteiger partial charge in [0.1, 0.15) is 16.4 Å². The zero-order chi connectivity index (χ0) is 21.3. The van der Waals surface area contributed by atoms with Gasteiger partial charge in [0.05, 0.1) is 11.1 Å². The van der Waals surface area contributed by atoms with Crippen molar-refractivity contribution >= 4 is 23.0 Å². The fraction of sp³-hybridized carbons (Fsp3) is 0.130. The summed E-state index contributed by atoms with van der Waals surface area (Å²) < 4.78 is 14.6. The first-order valence-corrected chi connectivity index (χ1v) is 10.2. The summed E-state index contributed by atoms with van der Waals surface area (Å²) in [7, 11) is 0. The van der Waals surface area contributed by atoms with Crippen molar-refractivity contribution in [3.05, 3.63) is 104 Å². The highest BCUT2D eigenvalue weighted by Crippen LogP contribution is 2.28. The molecule has 4 aromatic rings. The van der Waals surface area contributed by atoms with Crippen molar-refractivity contribution in [3.8, 4) is 5.75 Å². The van der Waals surface area contributed by atoms with E-state index >= 15 is 0 Å². The van der Waals surface area contributed by atoms with Crippen LogP contribution >= 0.6 is 11.5 Å². The lowest BCUT2D eigenvalue weighted by Crippen LogP contribution is -2.21. The number of carbonyl (C=O) groups is 1. The minimum absolute atomic E-state index is 0.0987. The van der Waals surface area contributed by atoms with Gasteiger partial charge < -0.3 is 10.4 Å². The van der Waals surface area contributed by atoms with Crippen LogP contribution in [0.5, 0.6) is 5.75 Å². The number of carbonyl (C=O) groups excluding carboxylic acids is 1. The number of aryl methyl sites for hydroxylation is 1. The first kappa shape index (κ1) is 19.8. The smallest absolute Gasteiger partial charge is 0.271 e. The Bertz CT molecular complexity index is 1280. The summed E-state index contributed by atoms with van der Waals surface area (Å²) in [4.78, 5) is 26.0. The van der Waals surface area contributed by atoms with Crippen molar-refractivity contribution in [2.45, 2.75) is 19.9 Å². The molecule has 152 valence electrons. The van der Waals surface area contributed by atoms with Crippen LogP contribution in [0.25, 0.3) is 5.52 Å². The molecule has 0 fully saturated rings. The Morgan fingerprint density at radius 1 is 1.10 bits per heavy atom. The molecule has 2 aromatic carbocycles. The molecular formula is C23H19FN2O3S. The fourth-order valence-electron chi connectivity index (χ4n) is 3.28. The van der Waals surface area contributed by atoms with Gasteiger partial charge in [-0.05, 0) is 47.8 Å². The van der Waals surface area contributed by atoms with Crippen molar-refractivity contribution in [2.75, 3.05) is 0 Å². The van der Waals surface area contributed by atoms with Crippen molar-refractivity contribution in [2.24, 2.45) is 0 Å². The van der Waals surface area contributed by atoms with Gasteiger partial charge in [0.2, 0.25) is 0 Å². The molecule has 0 bridgehead atoms. The van der Waals surface area contributed by atoms with Gasteiger partial charge in [-0.25, -0.2) is 8.18 Å². The number of fused-ring (bicyclic) bond motifs is 1. The van der Waals surface area contributed by atoms with Crippen LogP contribution in [0.3, 0.4) is 0 Å². The van der Waals surface area contributed by atoms with E-state index in [0.717, 1.165) is 17.1 Å². The third kappa shape index (κ3) is 3.84. The van der Waals surface area contributed by atoms with Gasteiger partial charge in [0, 0.05) is 18.5 Å². The number of aromatic hydroxyl groups is 1.